The molecule has 112 valence electrons. The molecular weight excluding hydrogens is 286 g/mol. The molecule has 0 radical (unpaired) electrons. The van der Waals surface area contributed by atoms with Gasteiger partial charge in [0.05, 0.1) is 19.2 Å². The zero-order chi connectivity index (χ0) is 15.2. The molecule has 0 aliphatic heterocycles. The molecule has 3 nitrogen and oxygen atoms in total. The lowest BCUT2D eigenvalue weighted by Gasteiger charge is -2.18. The average Bonchev–Trinajstić information content (AvgIpc) is 2.52. The maximum Gasteiger partial charge on any atom is 0.137 e. The van der Waals surface area contributed by atoms with Crippen LogP contribution in [0.3, 0.4) is 0 Å². The van der Waals surface area contributed by atoms with Crippen LogP contribution in [-0.4, -0.2) is 20.8 Å². The third kappa shape index (κ3) is 3.69. The summed E-state index contributed by atoms with van der Waals surface area (Å²) in [6, 6.07) is 13.8. The van der Waals surface area contributed by atoms with Gasteiger partial charge >= 0.3 is 0 Å². The Morgan fingerprint density at radius 3 is 2.38 bits per heavy atom. The van der Waals surface area contributed by atoms with E-state index in [4.69, 9.17) is 26.8 Å². The van der Waals surface area contributed by atoms with E-state index in [2.05, 4.69) is 6.07 Å². The van der Waals surface area contributed by atoms with Crippen molar-refractivity contribution in [3.05, 3.63) is 58.6 Å². The van der Waals surface area contributed by atoms with Gasteiger partial charge in [0.1, 0.15) is 11.5 Å². The quantitative estimate of drug-likeness (QED) is 0.886. The average molecular weight is 306 g/mol. The summed E-state index contributed by atoms with van der Waals surface area (Å²) in [5.74, 6) is 1.74. The van der Waals surface area contributed by atoms with Crippen LogP contribution in [0.25, 0.3) is 0 Å². The molecular formula is C17H20ClNO2. The van der Waals surface area contributed by atoms with Crippen LogP contribution in [0, 0.1) is 0 Å². The zero-order valence-corrected chi connectivity index (χ0v) is 13.1. The van der Waals surface area contributed by atoms with E-state index >= 15 is 0 Å². The first-order chi connectivity index (χ1) is 10.2. The molecule has 0 saturated heterocycles. The van der Waals surface area contributed by atoms with Gasteiger partial charge in [-0.15, -0.1) is 0 Å². The van der Waals surface area contributed by atoms with Crippen molar-refractivity contribution in [2.75, 3.05) is 20.8 Å². The minimum atomic E-state index is 0.186. The molecule has 2 N–H and O–H groups in total. The summed E-state index contributed by atoms with van der Waals surface area (Å²) in [5.41, 5.74) is 8.20. The summed E-state index contributed by atoms with van der Waals surface area (Å²) in [6.07, 6.45) is 0.806. The largest absolute Gasteiger partial charge is 0.496 e. The Labute approximate surface area is 130 Å². The first-order valence-corrected chi connectivity index (χ1v) is 7.22. The molecule has 21 heavy (non-hydrogen) atoms. The van der Waals surface area contributed by atoms with Crippen molar-refractivity contribution in [2.24, 2.45) is 5.73 Å². The van der Waals surface area contributed by atoms with E-state index in [1.807, 2.05) is 36.4 Å². The van der Waals surface area contributed by atoms with Crippen molar-refractivity contribution in [3.63, 3.8) is 0 Å². The Bertz CT molecular complexity index is 601. The van der Waals surface area contributed by atoms with Crippen LogP contribution >= 0.6 is 11.6 Å². The summed E-state index contributed by atoms with van der Waals surface area (Å²) >= 11 is 6.18. The van der Waals surface area contributed by atoms with Gasteiger partial charge in [0, 0.05) is 5.92 Å². The lowest BCUT2D eigenvalue weighted by molar-refractivity contribution is 0.405. The molecule has 0 fully saturated rings. The van der Waals surface area contributed by atoms with E-state index in [0.29, 0.717) is 17.3 Å². The smallest absolute Gasteiger partial charge is 0.137 e. The van der Waals surface area contributed by atoms with E-state index in [-0.39, 0.29) is 5.92 Å². The molecule has 2 aromatic rings. The molecule has 0 aliphatic carbocycles. The molecule has 0 saturated carbocycles. The van der Waals surface area contributed by atoms with Crippen molar-refractivity contribution in [3.8, 4) is 11.5 Å². The Kier molecular flexibility index (Phi) is 5.48. The highest BCUT2D eigenvalue weighted by atomic mass is 35.5. The maximum atomic E-state index is 6.18. The monoisotopic (exact) mass is 305 g/mol. The SMILES string of the molecule is COc1ccc(CC(CN)c2ccccc2OC)cc1Cl. The normalized spacial score (nSPS) is 12.0. The van der Waals surface area contributed by atoms with Gasteiger partial charge in [0.15, 0.2) is 0 Å². The Hall–Kier alpha value is -1.71. The molecule has 2 aromatic carbocycles. The number of benzene rings is 2. The van der Waals surface area contributed by atoms with Crippen LogP contribution in [-0.2, 0) is 6.42 Å². The van der Waals surface area contributed by atoms with E-state index in [1.54, 1.807) is 14.2 Å². The van der Waals surface area contributed by atoms with Gasteiger partial charge in [-0.3, -0.25) is 0 Å². The maximum absolute atomic E-state index is 6.18. The number of hydrogen-bond acceptors (Lipinski definition) is 3. The summed E-state index contributed by atoms with van der Waals surface area (Å²) in [5, 5.41) is 0.616. The summed E-state index contributed by atoms with van der Waals surface area (Å²) in [6.45, 7) is 0.546. The van der Waals surface area contributed by atoms with Gasteiger partial charge in [0.2, 0.25) is 0 Å². The number of nitrogens with two attached hydrogens (primary N) is 1. The fraction of sp³-hybridized carbons (Fsp3) is 0.294. The predicted octanol–water partition coefficient (Wildman–Crippen LogP) is 3.64. The highest BCUT2D eigenvalue weighted by molar-refractivity contribution is 6.32. The minimum Gasteiger partial charge on any atom is -0.496 e. The fourth-order valence-corrected chi connectivity index (χ4v) is 2.73. The van der Waals surface area contributed by atoms with Gasteiger partial charge in [-0.25, -0.2) is 0 Å². The van der Waals surface area contributed by atoms with Crippen LogP contribution in [0.4, 0.5) is 0 Å². The second-order valence-corrected chi connectivity index (χ2v) is 5.25. The van der Waals surface area contributed by atoms with Gasteiger partial charge in [-0.05, 0) is 42.3 Å². The van der Waals surface area contributed by atoms with Crippen molar-refractivity contribution in [1.82, 2.24) is 0 Å². The van der Waals surface area contributed by atoms with E-state index < -0.39 is 0 Å². The van der Waals surface area contributed by atoms with Gasteiger partial charge in [0.25, 0.3) is 0 Å². The number of rotatable bonds is 6. The number of halogens is 1. The van der Waals surface area contributed by atoms with Crippen LogP contribution in [0.5, 0.6) is 11.5 Å². The minimum absolute atomic E-state index is 0.186. The van der Waals surface area contributed by atoms with E-state index in [0.717, 1.165) is 23.3 Å². The third-order valence-corrected chi connectivity index (χ3v) is 3.86. The fourth-order valence-electron chi connectivity index (χ4n) is 2.45. The van der Waals surface area contributed by atoms with Crippen molar-refractivity contribution < 1.29 is 9.47 Å². The van der Waals surface area contributed by atoms with E-state index in [9.17, 15) is 0 Å². The lowest BCUT2D eigenvalue weighted by atomic mass is 9.91. The molecule has 0 aromatic heterocycles. The number of methoxy groups -OCH3 is 2. The van der Waals surface area contributed by atoms with Gasteiger partial charge < -0.3 is 15.2 Å². The second-order valence-electron chi connectivity index (χ2n) is 4.85. The first kappa shape index (κ1) is 15.7. The van der Waals surface area contributed by atoms with Gasteiger partial charge in [-0.2, -0.15) is 0 Å². The van der Waals surface area contributed by atoms with Crippen LogP contribution in [0.1, 0.15) is 17.0 Å². The molecule has 0 spiro atoms. The van der Waals surface area contributed by atoms with Gasteiger partial charge in [-0.1, -0.05) is 35.9 Å². The Balaban J connectivity index is 2.25. The summed E-state index contributed by atoms with van der Waals surface area (Å²) in [4.78, 5) is 0. The van der Waals surface area contributed by atoms with Crippen LogP contribution < -0.4 is 15.2 Å². The number of hydrogen-bond donors (Lipinski definition) is 1. The molecule has 2 rings (SSSR count). The number of ether oxygens (including phenoxy) is 2. The van der Waals surface area contributed by atoms with Crippen LogP contribution in [0.15, 0.2) is 42.5 Å². The number of para-hydroxylation sites is 1. The van der Waals surface area contributed by atoms with Crippen LogP contribution in [0.2, 0.25) is 5.02 Å². The zero-order valence-electron chi connectivity index (χ0n) is 12.3. The van der Waals surface area contributed by atoms with E-state index in [1.165, 1.54) is 0 Å². The molecule has 0 amide bonds. The van der Waals surface area contributed by atoms with Crippen molar-refractivity contribution in [2.45, 2.75) is 12.3 Å². The summed E-state index contributed by atoms with van der Waals surface area (Å²) < 4.78 is 10.6. The predicted molar refractivity (Wildman–Crippen MR) is 86.5 cm³/mol. The summed E-state index contributed by atoms with van der Waals surface area (Å²) in [7, 11) is 3.29. The molecule has 1 atom stereocenters. The second kappa shape index (κ2) is 7.34. The Morgan fingerprint density at radius 2 is 1.76 bits per heavy atom. The standard InChI is InChI=1S/C17H20ClNO2/c1-20-16-6-4-3-5-14(16)13(11-19)9-12-7-8-17(21-2)15(18)10-12/h3-8,10,13H,9,11,19H2,1-2H3. The lowest BCUT2D eigenvalue weighted by Crippen LogP contribution is -2.16. The third-order valence-electron chi connectivity index (χ3n) is 3.56. The highest BCUT2D eigenvalue weighted by Gasteiger charge is 2.15. The topological polar surface area (TPSA) is 44.5 Å². The van der Waals surface area contributed by atoms with Crippen molar-refractivity contribution in [1.29, 1.82) is 0 Å². The Morgan fingerprint density at radius 1 is 1.05 bits per heavy atom. The molecule has 0 heterocycles. The molecule has 1 unspecified atom stereocenters. The molecule has 0 aliphatic rings. The molecule has 0 bridgehead atoms. The highest BCUT2D eigenvalue weighted by Crippen LogP contribution is 2.31. The van der Waals surface area contributed by atoms with Crippen molar-refractivity contribution >= 4 is 11.6 Å². The molecule has 4 heteroatoms. The first-order valence-electron chi connectivity index (χ1n) is 6.85.